The molecule has 1 aromatic carbocycles. The Hall–Kier alpha value is -2.24. The first-order valence-corrected chi connectivity index (χ1v) is 9.16. The van der Waals surface area contributed by atoms with Gasteiger partial charge in [0.15, 0.2) is 0 Å². The minimum Gasteiger partial charge on any atom is -0.508 e. The van der Waals surface area contributed by atoms with E-state index in [9.17, 15) is 14.7 Å². The Morgan fingerprint density at radius 2 is 2.04 bits per heavy atom. The molecule has 2 atom stereocenters. The van der Waals surface area contributed by atoms with Crippen molar-refractivity contribution in [2.45, 2.75) is 71.6 Å². The van der Waals surface area contributed by atoms with E-state index < -0.39 is 17.1 Å². The Kier molecular flexibility index (Phi) is 6.16. The van der Waals surface area contributed by atoms with Crippen molar-refractivity contribution in [2.75, 3.05) is 0 Å². The lowest BCUT2D eigenvalue weighted by molar-refractivity contribution is -0.133. The predicted octanol–water partition coefficient (Wildman–Crippen LogP) is 3.48. The van der Waals surface area contributed by atoms with Crippen LogP contribution in [0.2, 0.25) is 0 Å². The number of carbonyl (C=O) groups is 2. The van der Waals surface area contributed by atoms with Crippen LogP contribution < -0.4 is 10.6 Å². The van der Waals surface area contributed by atoms with E-state index in [4.69, 9.17) is 4.74 Å². The van der Waals surface area contributed by atoms with Crippen LogP contribution in [0, 0.1) is 5.41 Å². The molecule has 1 aromatic rings. The van der Waals surface area contributed by atoms with Crippen molar-refractivity contribution in [3.05, 3.63) is 29.8 Å². The summed E-state index contributed by atoms with van der Waals surface area (Å²) in [5.41, 5.74) is -0.437. The molecule has 0 radical (unpaired) electrons. The number of ether oxygens (including phenoxy) is 1. The van der Waals surface area contributed by atoms with Crippen LogP contribution in [0.1, 0.15) is 58.9 Å². The summed E-state index contributed by atoms with van der Waals surface area (Å²) in [7, 11) is 0. The van der Waals surface area contributed by atoms with Gasteiger partial charge in [-0.2, -0.15) is 0 Å². The maximum Gasteiger partial charge on any atom is 0.407 e. The van der Waals surface area contributed by atoms with Gasteiger partial charge in [-0.1, -0.05) is 25.0 Å². The second kappa shape index (κ2) is 7.98. The highest BCUT2D eigenvalue weighted by molar-refractivity contribution is 5.84. The molecule has 1 saturated carbocycles. The highest BCUT2D eigenvalue weighted by Crippen LogP contribution is 2.36. The summed E-state index contributed by atoms with van der Waals surface area (Å²) in [5.74, 6) is 0.0756. The van der Waals surface area contributed by atoms with Crippen LogP contribution in [0.5, 0.6) is 5.75 Å². The molecule has 2 amide bonds. The van der Waals surface area contributed by atoms with E-state index in [1.54, 1.807) is 18.2 Å². The molecule has 1 aliphatic carbocycles. The number of hydrogen-bond acceptors (Lipinski definition) is 4. The van der Waals surface area contributed by atoms with Crippen LogP contribution in [-0.2, 0) is 16.1 Å². The first kappa shape index (κ1) is 20.1. The Morgan fingerprint density at radius 3 is 2.69 bits per heavy atom. The van der Waals surface area contributed by atoms with Crippen molar-refractivity contribution >= 4 is 12.0 Å². The van der Waals surface area contributed by atoms with Gasteiger partial charge in [-0.3, -0.25) is 4.79 Å². The number of alkyl carbamates (subject to hydrolysis) is 1. The third-order valence-corrected chi connectivity index (χ3v) is 4.78. The van der Waals surface area contributed by atoms with E-state index in [0.717, 1.165) is 24.8 Å². The van der Waals surface area contributed by atoms with E-state index >= 15 is 0 Å². The summed E-state index contributed by atoms with van der Waals surface area (Å²) in [5, 5.41) is 15.4. The topological polar surface area (TPSA) is 87.7 Å². The zero-order chi connectivity index (χ0) is 19.4. The van der Waals surface area contributed by atoms with Gasteiger partial charge in [0.1, 0.15) is 11.4 Å². The molecular weight excluding hydrogens is 332 g/mol. The summed E-state index contributed by atoms with van der Waals surface area (Å²) in [4.78, 5) is 25.1. The Morgan fingerprint density at radius 1 is 1.31 bits per heavy atom. The second-order valence-electron chi connectivity index (χ2n) is 8.21. The number of nitrogens with one attached hydrogen (secondary N) is 2. The number of aromatic hydroxyl groups is 1. The predicted molar refractivity (Wildman–Crippen MR) is 99.7 cm³/mol. The van der Waals surface area contributed by atoms with E-state index in [0.29, 0.717) is 13.0 Å². The second-order valence-corrected chi connectivity index (χ2v) is 8.21. The number of amides is 2. The SMILES string of the molecule is CC(C)(C)OC(=O)N[C@@H]1CCCC[C@@]1(C)C(=O)NCc1cccc(O)c1. The lowest BCUT2D eigenvalue weighted by Crippen LogP contribution is -2.56. The number of phenols is 1. The molecule has 0 saturated heterocycles. The fourth-order valence-corrected chi connectivity index (χ4v) is 3.34. The van der Waals surface area contributed by atoms with Crippen molar-refractivity contribution in [3.63, 3.8) is 0 Å². The largest absolute Gasteiger partial charge is 0.508 e. The molecule has 144 valence electrons. The van der Waals surface area contributed by atoms with Crippen molar-refractivity contribution < 1.29 is 19.4 Å². The molecule has 6 heteroatoms. The monoisotopic (exact) mass is 362 g/mol. The summed E-state index contributed by atoms with van der Waals surface area (Å²) >= 11 is 0. The lowest BCUT2D eigenvalue weighted by Gasteiger charge is -2.40. The minimum absolute atomic E-state index is 0.0957. The first-order valence-electron chi connectivity index (χ1n) is 9.16. The molecule has 6 nitrogen and oxygen atoms in total. The van der Waals surface area contributed by atoms with Crippen molar-refractivity contribution in [2.24, 2.45) is 5.41 Å². The molecule has 0 spiro atoms. The lowest BCUT2D eigenvalue weighted by atomic mass is 9.71. The third-order valence-electron chi connectivity index (χ3n) is 4.78. The summed E-state index contributed by atoms with van der Waals surface area (Å²) in [6.45, 7) is 7.67. The molecule has 26 heavy (non-hydrogen) atoms. The molecule has 1 fully saturated rings. The van der Waals surface area contributed by atoms with Crippen LogP contribution >= 0.6 is 0 Å². The minimum atomic E-state index is -0.689. The highest BCUT2D eigenvalue weighted by atomic mass is 16.6. The first-order chi connectivity index (χ1) is 12.1. The number of benzene rings is 1. The molecule has 3 N–H and O–H groups in total. The number of carbonyl (C=O) groups excluding carboxylic acids is 2. The van der Waals surface area contributed by atoms with Crippen LogP contribution in [0.3, 0.4) is 0 Å². The van der Waals surface area contributed by atoms with Crippen molar-refractivity contribution in [3.8, 4) is 5.75 Å². The maximum atomic E-state index is 12.9. The smallest absolute Gasteiger partial charge is 0.407 e. The quantitative estimate of drug-likeness (QED) is 0.765. The van der Waals surface area contributed by atoms with Gasteiger partial charge in [-0.05, 0) is 58.2 Å². The Labute approximate surface area is 155 Å². The highest BCUT2D eigenvalue weighted by Gasteiger charge is 2.44. The zero-order valence-corrected chi connectivity index (χ0v) is 16.1. The molecule has 0 bridgehead atoms. The number of phenolic OH excluding ortho intramolecular Hbond substituents is 1. The van der Waals surface area contributed by atoms with Gasteiger partial charge in [-0.25, -0.2) is 4.79 Å². The summed E-state index contributed by atoms with van der Waals surface area (Å²) in [6.07, 6.45) is 2.88. The van der Waals surface area contributed by atoms with E-state index in [-0.39, 0.29) is 17.7 Å². The Bertz CT molecular complexity index is 653. The fourth-order valence-electron chi connectivity index (χ4n) is 3.34. The van der Waals surface area contributed by atoms with Crippen LogP contribution in [0.25, 0.3) is 0 Å². The number of hydrogen-bond donors (Lipinski definition) is 3. The van der Waals surface area contributed by atoms with Gasteiger partial charge in [0.05, 0.1) is 5.41 Å². The molecular formula is C20H30N2O4. The van der Waals surface area contributed by atoms with Crippen LogP contribution in [0.4, 0.5) is 4.79 Å². The fraction of sp³-hybridized carbons (Fsp3) is 0.600. The van der Waals surface area contributed by atoms with Gasteiger partial charge < -0.3 is 20.5 Å². The van der Waals surface area contributed by atoms with E-state index in [2.05, 4.69) is 10.6 Å². The van der Waals surface area contributed by atoms with Gasteiger partial charge in [0.25, 0.3) is 0 Å². The van der Waals surface area contributed by atoms with E-state index in [1.165, 1.54) is 0 Å². The third kappa shape index (κ3) is 5.38. The normalized spacial score (nSPS) is 23.2. The average molecular weight is 362 g/mol. The standard InChI is InChI=1S/C20H30N2O4/c1-19(2,3)26-18(25)22-16-10-5-6-11-20(16,4)17(24)21-13-14-8-7-9-15(23)12-14/h7-9,12,16,23H,5-6,10-11,13H2,1-4H3,(H,21,24)(H,22,25)/t16-,20-/m1/s1. The van der Waals surface area contributed by atoms with Gasteiger partial charge >= 0.3 is 6.09 Å². The molecule has 0 aliphatic heterocycles. The van der Waals surface area contributed by atoms with Crippen LogP contribution in [0.15, 0.2) is 24.3 Å². The van der Waals surface area contributed by atoms with Crippen molar-refractivity contribution in [1.29, 1.82) is 0 Å². The summed E-state index contributed by atoms with van der Waals surface area (Å²) < 4.78 is 5.35. The molecule has 0 unspecified atom stereocenters. The Balaban J connectivity index is 2.02. The average Bonchev–Trinajstić information content (AvgIpc) is 2.53. The zero-order valence-electron chi connectivity index (χ0n) is 16.1. The van der Waals surface area contributed by atoms with Gasteiger partial charge in [0.2, 0.25) is 5.91 Å². The van der Waals surface area contributed by atoms with Gasteiger partial charge in [0, 0.05) is 12.6 Å². The van der Waals surface area contributed by atoms with Crippen molar-refractivity contribution in [1.82, 2.24) is 10.6 Å². The van der Waals surface area contributed by atoms with E-state index in [1.807, 2.05) is 33.8 Å². The number of rotatable bonds is 4. The van der Waals surface area contributed by atoms with Crippen LogP contribution in [-0.4, -0.2) is 28.7 Å². The molecule has 2 rings (SSSR count). The van der Waals surface area contributed by atoms with Gasteiger partial charge in [-0.15, -0.1) is 0 Å². The summed E-state index contributed by atoms with van der Waals surface area (Å²) in [6, 6.07) is 6.54. The molecule has 0 aromatic heterocycles. The molecule has 0 heterocycles. The maximum absolute atomic E-state index is 12.9. The molecule has 1 aliphatic rings.